The number of carbonyl (C=O) groups is 2. The zero-order valence-corrected chi connectivity index (χ0v) is 11.1. The molecular weight excluding hydrogens is 244 g/mol. The number of ether oxygens (including phenoxy) is 1. The second kappa shape index (κ2) is 3.90. The van der Waals surface area contributed by atoms with Crippen LogP contribution in [0.15, 0.2) is 6.07 Å². The Kier molecular flexibility index (Phi) is 2.54. The van der Waals surface area contributed by atoms with Crippen LogP contribution in [0, 0.1) is 12.3 Å². The van der Waals surface area contributed by atoms with Crippen molar-refractivity contribution in [1.82, 2.24) is 0 Å². The maximum Gasteiger partial charge on any atom is 0.338 e. The van der Waals surface area contributed by atoms with Gasteiger partial charge in [-0.25, -0.2) is 4.79 Å². The summed E-state index contributed by atoms with van der Waals surface area (Å²) in [6, 6.07) is 1.81. The van der Waals surface area contributed by atoms with Crippen molar-refractivity contribution < 1.29 is 19.4 Å². The van der Waals surface area contributed by atoms with E-state index in [1.54, 1.807) is 6.07 Å². The highest BCUT2D eigenvalue weighted by atomic mass is 16.5. The smallest absolute Gasteiger partial charge is 0.338 e. The number of hydrogen-bond acceptors (Lipinski definition) is 4. The van der Waals surface area contributed by atoms with E-state index in [1.807, 2.05) is 13.8 Å². The quantitative estimate of drug-likeness (QED) is 0.782. The van der Waals surface area contributed by atoms with E-state index in [1.165, 1.54) is 0 Å². The summed E-state index contributed by atoms with van der Waals surface area (Å²) in [5.41, 5.74) is 3.41. The molecule has 1 unspecified atom stereocenters. The van der Waals surface area contributed by atoms with Gasteiger partial charge in [-0.2, -0.15) is 0 Å². The molecule has 1 aliphatic heterocycles. The fourth-order valence-electron chi connectivity index (χ4n) is 3.09. The van der Waals surface area contributed by atoms with Crippen LogP contribution in [-0.4, -0.2) is 23.5 Å². The molecule has 1 aromatic rings. The predicted molar refractivity (Wildman–Crippen MR) is 68.1 cm³/mol. The van der Waals surface area contributed by atoms with Crippen LogP contribution in [0.25, 0.3) is 0 Å². The minimum absolute atomic E-state index is 0.00979. The molecule has 4 heteroatoms. The van der Waals surface area contributed by atoms with E-state index in [-0.39, 0.29) is 25.0 Å². The molecule has 0 bridgehead atoms. The predicted octanol–water partition coefficient (Wildman–Crippen LogP) is 1.79. The number of ketones is 1. The minimum Gasteiger partial charge on any atom is -0.457 e. The highest BCUT2D eigenvalue weighted by Gasteiger charge is 2.39. The SMILES string of the molecule is Cc1cc2c(c3c1CC(C)(CO)CC3=O)COC2=O. The lowest BCUT2D eigenvalue weighted by Crippen LogP contribution is -2.34. The minimum atomic E-state index is -0.396. The van der Waals surface area contributed by atoms with E-state index in [0.29, 0.717) is 24.0 Å². The number of benzene rings is 1. The summed E-state index contributed by atoms with van der Waals surface area (Å²) in [4.78, 5) is 24.0. The molecule has 0 amide bonds. The van der Waals surface area contributed by atoms with Gasteiger partial charge < -0.3 is 9.84 Å². The Morgan fingerprint density at radius 3 is 2.74 bits per heavy atom. The van der Waals surface area contributed by atoms with Crippen molar-refractivity contribution in [1.29, 1.82) is 0 Å². The van der Waals surface area contributed by atoms with Crippen molar-refractivity contribution in [2.24, 2.45) is 5.41 Å². The molecule has 0 spiro atoms. The third-order valence-corrected chi connectivity index (χ3v) is 4.18. The zero-order valence-electron chi connectivity index (χ0n) is 11.1. The van der Waals surface area contributed by atoms with Crippen molar-refractivity contribution in [3.05, 3.63) is 33.9 Å². The van der Waals surface area contributed by atoms with Gasteiger partial charge in [0.25, 0.3) is 0 Å². The molecule has 1 heterocycles. The maximum absolute atomic E-state index is 12.4. The summed E-state index contributed by atoms with van der Waals surface area (Å²) in [7, 11) is 0. The molecule has 1 aliphatic carbocycles. The zero-order chi connectivity index (χ0) is 13.8. The van der Waals surface area contributed by atoms with Gasteiger partial charge >= 0.3 is 5.97 Å². The lowest BCUT2D eigenvalue weighted by Gasteiger charge is -2.33. The van der Waals surface area contributed by atoms with Crippen LogP contribution in [0.2, 0.25) is 0 Å². The van der Waals surface area contributed by atoms with Crippen molar-refractivity contribution in [3.8, 4) is 0 Å². The van der Waals surface area contributed by atoms with Gasteiger partial charge in [0.05, 0.1) is 5.56 Å². The first-order valence-corrected chi connectivity index (χ1v) is 6.42. The Morgan fingerprint density at radius 1 is 1.32 bits per heavy atom. The van der Waals surface area contributed by atoms with E-state index < -0.39 is 5.41 Å². The molecule has 1 N–H and O–H groups in total. The topological polar surface area (TPSA) is 63.6 Å². The molecule has 1 atom stereocenters. The number of Topliss-reactive ketones (excluding diaryl/α,β-unsaturated/α-hetero) is 1. The van der Waals surface area contributed by atoms with E-state index in [2.05, 4.69) is 0 Å². The molecule has 19 heavy (non-hydrogen) atoms. The van der Waals surface area contributed by atoms with E-state index in [0.717, 1.165) is 16.7 Å². The number of aryl methyl sites for hydroxylation is 1. The monoisotopic (exact) mass is 260 g/mol. The van der Waals surface area contributed by atoms with E-state index in [9.17, 15) is 14.7 Å². The summed E-state index contributed by atoms with van der Waals surface area (Å²) < 4.78 is 5.03. The van der Waals surface area contributed by atoms with Crippen LogP contribution in [0.4, 0.5) is 0 Å². The third kappa shape index (κ3) is 1.70. The van der Waals surface area contributed by atoms with E-state index >= 15 is 0 Å². The standard InChI is InChI=1S/C15H16O4/c1-8-3-9-11(6-19-14(9)18)13-10(8)4-15(2,7-16)5-12(13)17/h3,16H,4-7H2,1-2H3. The average Bonchev–Trinajstić information content (AvgIpc) is 2.71. The first-order valence-electron chi connectivity index (χ1n) is 6.42. The number of esters is 1. The largest absolute Gasteiger partial charge is 0.457 e. The average molecular weight is 260 g/mol. The number of fused-ring (bicyclic) bond motifs is 3. The van der Waals surface area contributed by atoms with Crippen molar-refractivity contribution >= 4 is 11.8 Å². The molecular formula is C15H16O4. The van der Waals surface area contributed by atoms with Gasteiger partial charge in [-0.05, 0) is 30.5 Å². The summed E-state index contributed by atoms with van der Waals surface area (Å²) in [5, 5.41) is 9.49. The first-order chi connectivity index (χ1) is 8.95. The summed E-state index contributed by atoms with van der Waals surface area (Å²) in [6.07, 6.45) is 0.985. The van der Waals surface area contributed by atoms with Gasteiger partial charge in [0, 0.05) is 29.6 Å². The number of hydrogen-bond donors (Lipinski definition) is 1. The molecule has 0 fully saturated rings. The van der Waals surface area contributed by atoms with Gasteiger partial charge in [0.2, 0.25) is 0 Å². The molecule has 100 valence electrons. The Morgan fingerprint density at radius 2 is 2.05 bits per heavy atom. The fourth-order valence-corrected chi connectivity index (χ4v) is 3.09. The summed E-state index contributed by atoms with van der Waals surface area (Å²) >= 11 is 0. The van der Waals surface area contributed by atoms with Crippen molar-refractivity contribution in [3.63, 3.8) is 0 Å². The van der Waals surface area contributed by atoms with Gasteiger partial charge in [-0.15, -0.1) is 0 Å². The Balaban J connectivity index is 2.22. The highest BCUT2D eigenvalue weighted by Crippen LogP contribution is 2.40. The van der Waals surface area contributed by atoms with Crippen molar-refractivity contribution in [2.75, 3.05) is 6.61 Å². The van der Waals surface area contributed by atoms with Gasteiger partial charge in [-0.1, -0.05) is 6.92 Å². The summed E-state index contributed by atoms with van der Waals surface area (Å²) in [5.74, 6) is -0.333. The van der Waals surface area contributed by atoms with Crippen LogP contribution in [-0.2, 0) is 17.8 Å². The van der Waals surface area contributed by atoms with Crippen LogP contribution in [0.1, 0.15) is 50.8 Å². The molecule has 0 saturated heterocycles. The first kappa shape index (κ1) is 12.4. The van der Waals surface area contributed by atoms with Crippen LogP contribution in [0.5, 0.6) is 0 Å². The van der Waals surface area contributed by atoms with Crippen LogP contribution < -0.4 is 0 Å². The van der Waals surface area contributed by atoms with Gasteiger partial charge in [0.1, 0.15) is 6.61 Å². The molecule has 3 rings (SSSR count). The molecule has 0 saturated carbocycles. The second-order valence-electron chi connectivity index (χ2n) is 5.89. The number of rotatable bonds is 1. The maximum atomic E-state index is 12.4. The number of cyclic esters (lactones) is 1. The molecule has 2 aliphatic rings. The molecule has 0 radical (unpaired) electrons. The Labute approximate surface area is 111 Å². The Hall–Kier alpha value is -1.68. The highest BCUT2D eigenvalue weighted by molar-refractivity contribution is 6.05. The van der Waals surface area contributed by atoms with Crippen LogP contribution in [0.3, 0.4) is 0 Å². The Bertz CT molecular complexity index is 603. The van der Waals surface area contributed by atoms with Gasteiger partial charge in [-0.3, -0.25) is 4.79 Å². The number of aliphatic hydroxyl groups excluding tert-OH is 1. The second-order valence-corrected chi connectivity index (χ2v) is 5.89. The van der Waals surface area contributed by atoms with Crippen LogP contribution >= 0.6 is 0 Å². The molecule has 0 aromatic heterocycles. The van der Waals surface area contributed by atoms with E-state index in [4.69, 9.17) is 4.74 Å². The fraction of sp³-hybridized carbons (Fsp3) is 0.467. The number of carbonyl (C=O) groups excluding carboxylic acids is 2. The van der Waals surface area contributed by atoms with Gasteiger partial charge in [0.15, 0.2) is 5.78 Å². The lowest BCUT2D eigenvalue weighted by molar-refractivity contribution is 0.0532. The number of aliphatic hydroxyl groups is 1. The van der Waals surface area contributed by atoms with Crippen molar-refractivity contribution in [2.45, 2.75) is 33.3 Å². The summed E-state index contributed by atoms with van der Waals surface area (Å²) in [6.45, 7) is 4.01. The molecule has 4 nitrogen and oxygen atoms in total. The third-order valence-electron chi connectivity index (χ3n) is 4.18. The lowest BCUT2D eigenvalue weighted by atomic mass is 9.70. The molecule has 1 aromatic carbocycles. The normalized spacial score (nSPS) is 25.0.